The Morgan fingerprint density at radius 1 is 1.22 bits per heavy atom. The van der Waals surface area contributed by atoms with Crippen LogP contribution in [0.25, 0.3) is 0 Å². The molecule has 0 unspecified atom stereocenters. The molecule has 0 bridgehead atoms. The number of nitrogens with two attached hydrogens (primary N) is 2. The van der Waals surface area contributed by atoms with Gasteiger partial charge in [-0.15, -0.1) is 11.3 Å². The Morgan fingerprint density at radius 3 is 2.22 bits per heavy atom. The molecule has 98 valence electrons. The molecule has 0 radical (unpaired) electrons. The molecule has 8 heteroatoms. The van der Waals surface area contributed by atoms with Gasteiger partial charge in [0.2, 0.25) is 11.8 Å². The predicted octanol–water partition coefficient (Wildman–Crippen LogP) is -0.781. The molecule has 2 amide bonds. The van der Waals surface area contributed by atoms with Crippen LogP contribution in [-0.4, -0.2) is 40.9 Å². The number of nitrogens with zero attached hydrogens (tertiary/aromatic N) is 1. The predicted molar refractivity (Wildman–Crippen MR) is 64.9 cm³/mol. The number of thiophene rings is 1. The third-order valence-corrected chi connectivity index (χ3v) is 3.04. The minimum absolute atomic E-state index is 0.136. The number of hydrogen-bond donors (Lipinski definition) is 3. The molecule has 0 fully saturated rings. The van der Waals surface area contributed by atoms with Gasteiger partial charge in [-0.25, -0.2) is 4.79 Å². The van der Waals surface area contributed by atoms with E-state index >= 15 is 0 Å². The molecule has 7 nitrogen and oxygen atoms in total. The van der Waals surface area contributed by atoms with Crippen molar-refractivity contribution in [2.24, 2.45) is 11.5 Å². The topological polar surface area (TPSA) is 127 Å². The summed E-state index contributed by atoms with van der Waals surface area (Å²) in [5.74, 6) is -2.26. The third-order valence-electron chi connectivity index (χ3n) is 2.09. The Bertz CT molecular complexity index is 455. The SMILES string of the molecule is NC(=O)CN(CC(N)=O)Cc1ccsc1C(=O)O. The van der Waals surface area contributed by atoms with Crippen molar-refractivity contribution < 1.29 is 19.5 Å². The van der Waals surface area contributed by atoms with E-state index in [9.17, 15) is 14.4 Å². The summed E-state index contributed by atoms with van der Waals surface area (Å²) in [5, 5.41) is 10.6. The molecule has 0 aliphatic rings. The van der Waals surface area contributed by atoms with Gasteiger partial charge in [-0.2, -0.15) is 0 Å². The zero-order chi connectivity index (χ0) is 13.7. The Balaban J connectivity index is 2.81. The number of carboxylic acids is 1. The molecule has 5 N–H and O–H groups in total. The lowest BCUT2D eigenvalue weighted by molar-refractivity contribution is -0.122. The van der Waals surface area contributed by atoms with E-state index in [-0.39, 0.29) is 24.5 Å². The second-order valence-corrected chi connectivity index (χ2v) is 4.57. The Labute approximate surface area is 107 Å². The van der Waals surface area contributed by atoms with Gasteiger partial charge in [-0.3, -0.25) is 14.5 Å². The van der Waals surface area contributed by atoms with E-state index in [4.69, 9.17) is 16.6 Å². The first kappa shape index (κ1) is 14.1. The van der Waals surface area contributed by atoms with Gasteiger partial charge in [0.05, 0.1) is 13.1 Å². The average Bonchev–Trinajstić information content (AvgIpc) is 2.63. The second kappa shape index (κ2) is 6.12. The Kier molecular flexibility index (Phi) is 4.81. The van der Waals surface area contributed by atoms with Crippen molar-refractivity contribution in [2.45, 2.75) is 6.54 Å². The van der Waals surface area contributed by atoms with Crippen LogP contribution >= 0.6 is 11.3 Å². The van der Waals surface area contributed by atoms with E-state index in [0.29, 0.717) is 5.56 Å². The number of carbonyl (C=O) groups is 3. The molecular formula is C10H13N3O4S. The molecule has 0 saturated heterocycles. The van der Waals surface area contributed by atoms with Crippen molar-refractivity contribution in [2.75, 3.05) is 13.1 Å². The van der Waals surface area contributed by atoms with Gasteiger partial charge in [0.25, 0.3) is 0 Å². The fourth-order valence-electron chi connectivity index (χ4n) is 1.50. The van der Waals surface area contributed by atoms with Crippen molar-refractivity contribution in [1.29, 1.82) is 0 Å². The molecule has 0 aliphatic heterocycles. The molecule has 1 aromatic heterocycles. The van der Waals surface area contributed by atoms with E-state index in [1.54, 1.807) is 11.4 Å². The van der Waals surface area contributed by atoms with Crippen LogP contribution in [0.2, 0.25) is 0 Å². The van der Waals surface area contributed by atoms with Gasteiger partial charge in [0.1, 0.15) is 4.88 Å². The minimum atomic E-state index is -1.04. The van der Waals surface area contributed by atoms with Crippen LogP contribution < -0.4 is 11.5 Å². The van der Waals surface area contributed by atoms with E-state index in [2.05, 4.69) is 0 Å². The maximum atomic E-state index is 10.9. The van der Waals surface area contributed by atoms with E-state index in [0.717, 1.165) is 11.3 Å². The average molecular weight is 271 g/mol. The number of rotatable bonds is 7. The maximum absolute atomic E-state index is 10.9. The Hall–Kier alpha value is -1.93. The molecule has 1 rings (SSSR count). The number of carboxylic acid groups (broad SMARTS) is 1. The number of amides is 2. The summed E-state index contributed by atoms with van der Waals surface area (Å²) in [4.78, 5) is 34.2. The van der Waals surface area contributed by atoms with Gasteiger partial charge in [-0.1, -0.05) is 0 Å². The highest BCUT2D eigenvalue weighted by Gasteiger charge is 2.17. The van der Waals surface area contributed by atoms with E-state index < -0.39 is 17.8 Å². The first-order valence-electron chi connectivity index (χ1n) is 4.98. The zero-order valence-electron chi connectivity index (χ0n) is 9.46. The standard InChI is InChI=1S/C10H13N3O4S/c11-7(14)4-13(5-8(12)15)3-6-1-2-18-9(6)10(16)17/h1-2H,3-5H2,(H2,11,14)(H2,12,15)(H,16,17). The Morgan fingerprint density at radius 2 is 1.78 bits per heavy atom. The van der Waals surface area contributed by atoms with Gasteiger partial charge in [0, 0.05) is 6.54 Å². The molecule has 0 aromatic carbocycles. The molecule has 0 atom stereocenters. The first-order chi connectivity index (χ1) is 8.40. The normalized spacial score (nSPS) is 10.5. The van der Waals surface area contributed by atoms with E-state index in [1.807, 2.05) is 0 Å². The summed E-state index contributed by atoms with van der Waals surface area (Å²) in [6, 6.07) is 1.63. The molecule has 0 saturated carbocycles. The van der Waals surface area contributed by atoms with Gasteiger partial charge < -0.3 is 16.6 Å². The summed E-state index contributed by atoms with van der Waals surface area (Å²) >= 11 is 1.08. The summed E-state index contributed by atoms with van der Waals surface area (Å²) in [6.07, 6.45) is 0. The van der Waals surface area contributed by atoms with Crippen LogP contribution in [0, 0.1) is 0 Å². The third kappa shape index (κ3) is 4.15. The second-order valence-electron chi connectivity index (χ2n) is 3.66. The van der Waals surface area contributed by atoms with Crippen molar-refractivity contribution in [3.05, 3.63) is 21.9 Å². The zero-order valence-corrected chi connectivity index (χ0v) is 10.3. The summed E-state index contributed by atoms with van der Waals surface area (Å²) < 4.78 is 0. The van der Waals surface area contributed by atoms with Crippen LogP contribution in [0.3, 0.4) is 0 Å². The summed E-state index contributed by atoms with van der Waals surface area (Å²) in [5.41, 5.74) is 10.6. The lowest BCUT2D eigenvalue weighted by Gasteiger charge is -2.18. The summed E-state index contributed by atoms with van der Waals surface area (Å²) in [6.45, 7) is -0.174. The number of carbonyl (C=O) groups excluding carboxylic acids is 2. The fourth-order valence-corrected chi connectivity index (χ4v) is 2.25. The highest BCUT2D eigenvalue weighted by molar-refractivity contribution is 7.12. The smallest absolute Gasteiger partial charge is 0.346 e. The largest absolute Gasteiger partial charge is 0.477 e. The van der Waals surface area contributed by atoms with Gasteiger partial charge >= 0.3 is 5.97 Å². The number of hydrogen-bond acceptors (Lipinski definition) is 5. The number of primary amides is 2. The lowest BCUT2D eigenvalue weighted by Crippen LogP contribution is -2.39. The highest BCUT2D eigenvalue weighted by atomic mass is 32.1. The maximum Gasteiger partial charge on any atom is 0.346 e. The van der Waals surface area contributed by atoms with Crippen molar-refractivity contribution in [3.8, 4) is 0 Å². The van der Waals surface area contributed by atoms with Crippen LogP contribution in [0.5, 0.6) is 0 Å². The van der Waals surface area contributed by atoms with Crippen LogP contribution in [0.1, 0.15) is 15.2 Å². The first-order valence-corrected chi connectivity index (χ1v) is 5.86. The van der Waals surface area contributed by atoms with Crippen molar-refractivity contribution >= 4 is 29.1 Å². The molecule has 0 aliphatic carbocycles. The summed E-state index contributed by atoms with van der Waals surface area (Å²) in [7, 11) is 0. The van der Waals surface area contributed by atoms with Crippen molar-refractivity contribution in [1.82, 2.24) is 4.90 Å². The van der Waals surface area contributed by atoms with Crippen LogP contribution in [0.15, 0.2) is 11.4 Å². The molecular weight excluding hydrogens is 258 g/mol. The molecule has 1 heterocycles. The van der Waals surface area contributed by atoms with E-state index in [1.165, 1.54) is 4.90 Å². The van der Waals surface area contributed by atoms with Crippen LogP contribution in [0.4, 0.5) is 0 Å². The van der Waals surface area contributed by atoms with Gasteiger partial charge in [0.15, 0.2) is 0 Å². The highest BCUT2D eigenvalue weighted by Crippen LogP contribution is 2.18. The molecule has 1 aromatic rings. The minimum Gasteiger partial charge on any atom is -0.477 e. The number of aromatic carboxylic acids is 1. The monoisotopic (exact) mass is 271 g/mol. The molecule has 18 heavy (non-hydrogen) atoms. The molecule has 0 spiro atoms. The van der Waals surface area contributed by atoms with Crippen LogP contribution in [-0.2, 0) is 16.1 Å². The fraction of sp³-hybridized carbons (Fsp3) is 0.300. The van der Waals surface area contributed by atoms with Crippen molar-refractivity contribution in [3.63, 3.8) is 0 Å². The quantitative estimate of drug-likeness (QED) is 0.599. The van der Waals surface area contributed by atoms with Gasteiger partial charge in [-0.05, 0) is 17.0 Å². The lowest BCUT2D eigenvalue weighted by atomic mass is 10.2.